The average molecular weight is 407 g/mol. The summed E-state index contributed by atoms with van der Waals surface area (Å²) >= 11 is 0. The summed E-state index contributed by atoms with van der Waals surface area (Å²) in [6, 6.07) is 0. The predicted molar refractivity (Wildman–Crippen MR) is 105 cm³/mol. The molecule has 0 spiro atoms. The summed E-state index contributed by atoms with van der Waals surface area (Å²) in [4.78, 5) is 22.1. The molecule has 1 atom stereocenters. The molecule has 9 heteroatoms. The van der Waals surface area contributed by atoms with Crippen LogP contribution >= 0.6 is 0 Å². The second kappa shape index (κ2) is 20.5. The Kier molecular flexibility index (Phi) is 19.6. The topological polar surface area (TPSA) is 104 Å². The maximum atomic E-state index is 11.5. The van der Waals surface area contributed by atoms with Gasteiger partial charge in [-0.05, 0) is 5.92 Å². The zero-order valence-electron chi connectivity index (χ0n) is 17.6. The van der Waals surface area contributed by atoms with E-state index in [9.17, 15) is 9.59 Å². The molecular weight excluding hydrogens is 368 g/mol. The summed E-state index contributed by atoms with van der Waals surface area (Å²) in [5, 5.41) is 5.48. The minimum atomic E-state index is -0.0956. The van der Waals surface area contributed by atoms with Gasteiger partial charge < -0.3 is 34.3 Å². The van der Waals surface area contributed by atoms with Gasteiger partial charge in [-0.2, -0.15) is 0 Å². The SMILES string of the molecule is CCC(C)CNC(=O)COCCOCCOCCOCCOCCNC(C)=O. The molecule has 28 heavy (non-hydrogen) atoms. The van der Waals surface area contributed by atoms with Gasteiger partial charge in [0.15, 0.2) is 0 Å². The van der Waals surface area contributed by atoms with E-state index in [1.807, 2.05) is 0 Å². The number of rotatable bonds is 20. The van der Waals surface area contributed by atoms with Crippen LogP contribution in [0.15, 0.2) is 0 Å². The summed E-state index contributed by atoms with van der Waals surface area (Å²) in [5.41, 5.74) is 0. The van der Waals surface area contributed by atoms with Gasteiger partial charge in [-0.1, -0.05) is 20.3 Å². The van der Waals surface area contributed by atoms with Crippen molar-refractivity contribution in [2.24, 2.45) is 5.92 Å². The van der Waals surface area contributed by atoms with Crippen LogP contribution in [0.5, 0.6) is 0 Å². The smallest absolute Gasteiger partial charge is 0.246 e. The Morgan fingerprint density at radius 3 is 1.68 bits per heavy atom. The summed E-state index contributed by atoms with van der Waals surface area (Å²) in [5.74, 6) is 0.322. The highest BCUT2D eigenvalue weighted by Gasteiger charge is 2.03. The summed E-state index contributed by atoms with van der Waals surface area (Å²) in [6.07, 6.45) is 1.04. The molecule has 0 aromatic rings. The van der Waals surface area contributed by atoms with Crippen molar-refractivity contribution in [3.05, 3.63) is 0 Å². The Labute approximate surface area is 168 Å². The molecule has 0 rings (SSSR count). The average Bonchev–Trinajstić information content (AvgIpc) is 2.68. The van der Waals surface area contributed by atoms with Gasteiger partial charge in [0.2, 0.25) is 11.8 Å². The molecule has 0 saturated carbocycles. The van der Waals surface area contributed by atoms with E-state index < -0.39 is 0 Å². The monoisotopic (exact) mass is 406 g/mol. The first-order chi connectivity index (χ1) is 13.6. The van der Waals surface area contributed by atoms with Crippen LogP contribution in [0.4, 0.5) is 0 Å². The number of carbonyl (C=O) groups is 2. The van der Waals surface area contributed by atoms with E-state index in [1.165, 1.54) is 6.92 Å². The third-order valence-electron chi connectivity index (χ3n) is 3.69. The van der Waals surface area contributed by atoms with E-state index >= 15 is 0 Å². The Morgan fingerprint density at radius 1 is 0.750 bits per heavy atom. The van der Waals surface area contributed by atoms with Gasteiger partial charge in [-0.3, -0.25) is 9.59 Å². The lowest BCUT2D eigenvalue weighted by molar-refractivity contribution is -0.126. The third kappa shape index (κ3) is 21.0. The van der Waals surface area contributed by atoms with Crippen molar-refractivity contribution in [2.75, 3.05) is 79.2 Å². The molecule has 0 radical (unpaired) electrons. The number of ether oxygens (including phenoxy) is 5. The predicted octanol–water partition coefficient (Wildman–Crippen LogP) is 0.368. The molecule has 2 amide bonds. The molecule has 0 aliphatic rings. The molecule has 0 aliphatic carbocycles. The van der Waals surface area contributed by atoms with Crippen LogP contribution in [0, 0.1) is 5.92 Å². The van der Waals surface area contributed by atoms with Crippen molar-refractivity contribution in [2.45, 2.75) is 27.2 Å². The van der Waals surface area contributed by atoms with Gasteiger partial charge in [-0.25, -0.2) is 0 Å². The molecule has 0 fully saturated rings. The molecule has 2 N–H and O–H groups in total. The highest BCUT2D eigenvalue weighted by atomic mass is 16.6. The Balaban J connectivity index is 3.14. The quantitative estimate of drug-likeness (QED) is 0.282. The zero-order chi connectivity index (χ0) is 20.9. The highest BCUT2D eigenvalue weighted by molar-refractivity contribution is 5.77. The molecule has 0 aromatic heterocycles. The Hall–Kier alpha value is -1.26. The summed E-state index contributed by atoms with van der Waals surface area (Å²) < 4.78 is 26.6. The summed E-state index contributed by atoms with van der Waals surface area (Å²) in [6.45, 7) is 11.1. The van der Waals surface area contributed by atoms with Gasteiger partial charge in [0.25, 0.3) is 0 Å². The molecular formula is C19H38N2O7. The van der Waals surface area contributed by atoms with Crippen LogP contribution < -0.4 is 10.6 Å². The van der Waals surface area contributed by atoms with E-state index in [-0.39, 0.29) is 18.4 Å². The molecule has 0 aliphatic heterocycles. The lowest BCUT2D eigenvalue weighted by Gasteiger charge is -2.10. The van der Waals surface area contributed by atoms with E-state index in [1.54, 1.807) is 0 Å². The van der Waals surface area contributed by atoms with Crippen molar-refractivity contribution in [1.29, 1.82) is 0 Å². The second-order valence-corrected chi connectivity index (χ2v) is 6.30. The second-order valence-electron chi connectivity index (χ2n) is 6.30. The molecule has 0 heterocycles. The van der Waals surface area contributed by atoms with E-state index in [4.69, 9.17) is 23.7 Å². The van der Waals surface area contributed by atoms with Gasteiger partial charge >= 0.3 is 0 Å². The lowest BCUT2D eigenvalue weighted by atomic mass is 10.1. The highest BCUT2D eigenvalue weighted by Crippen LogP contribution is 1.96. The number of nitrogens with one attached hydrogen (secondary N) is 2. The van der Waals surface area contributed by atoms with E-state index in [0.29, 0.717) is 78.5 Å². The first kappa shape index (κ1) is 26.7. The largest absolute Gasteiger partial charge is 0.377 e. The van der Waals surface area contributed by atoms with Gasteiger partial charge in [0.1, 0.15) is 6.61 Å². The van der Waals surface area contributed by atoms with Crippen molar-refractivity contribution < 1.29 is 33.3 Å². The minimum Gasteiger partial charge on any atom is -0.377 e. The van der Waals surface area contributed by atoms with Crippen LogP contribution in [-0.2, 0) is 33.3 Å². The maximum Gasteiger partial charge on any atom is 0.246 e. The molecule has 0 saturated heterocycles. The maximum absolute atomic E-state index is 11.5. The van der Waals surface area contributed by atoms with E-state index in [0.717, 1.165) is 6.42 Å². The van der Waals surface area contributed by atoms with Gasteiger partial charge in [-0.15, -0.1) is 0 Å². The molecule has 0 bridgehead atoms. The molecule has 0 aromatic carbocycles. The zero-order valence-corrected chi connectivity index (χ0v) is 17.6. The van der Waals surface area contributed by atoms with E-state index in [2.05, 4.69) is 24.5 Å². The van der Waals surface area contributed by atoms with Crippen molar-refractivity contribution in [3.63, 3.8) is 0 Å². The Bertz CT molecular complexity index is 383. The van der Waals surface area contributed by atoms with Crippen LogP contribution in [0.2, 0.25) is 0 Å². The van der Waals surface area contributed by atoms with Crippen molar-refractivity contribution >= 4 is 11.8 Å². The number of hydrogen-bond donors (Lipinski definition) is 2. The normalized spacial score (nSPS) is 12.0. The van der Waals surface area contributed by atoms with Crippen LogP contribution in [0.25, 0.3) is 0 Å². The fourth-order valence-corrected chi connectivity index (χ4v) is 1.83. The fraction of sp³-hybridized carbons (Fsp3) is 0.895. The Morgan fingerprint density at radius 2 is 1.21 bits per heavy atom. The minimum absolute atomic E-state index is 0.0601. The van der Waals surface area contributed by atoms with Gasteiger partial charge in [0.05, 0.1) is 59.5 Å². The third-order valence-corrected chi connectivity index (χ3v) is 3.69. The van der Waals surface area contributed by atoms with Crippen LogP contribution in [-0.4, -0.2) is 91.0 Å². The molecule has 9 nitrogen and oxygen atoms in total. The molecule has 1 unspecified atom stereocenters. The number of amides is 2. The fourth-order valence-electron chi connectivity index (χ4n) is 1.83. The van der Waals surface area contributed by atoms with Crippen molar-refractivity contribution in [3.8, 4) is 0 Å². The first-order valence-corrected chi connectivity index (χ1v) is 9.96. The lowest BCUT2D eigenvalue weighted by Crippen LogP contribution is -2.31. The number of carbonyl (C=O) groups excluding carboxylic acids is 2. The van der Waals surface area contributed by atoms with Crippen molar-refractivity contribution in [1.82, 2.24) is 10.6 Å². The molecule has 166 valence electrons. The van der Waals surface area contributed by atoms with Gasteiger partial charge in [0, 0.05) is 20.0 Å². The first-order valence-electron chi connectivity index (χ1n) is 9.96. The van der Waals surface area contributed by atoms with Crippen LogP contribution in [0.1, 0.15) is 27.2 Å². The standard InChI is InChI=1S/C19H38N2O7/c1-4-17(2)15-21-19(23)16-28-14-13-27-12-11-26-10-9-25-8-7-24-6-5-20-18(3)22/h17H,4-16H2,1-3H3,(H,20,22)(H,21,23). The van der Waals surface area contributed by atoms with Crippen LogP contribution in [0.3, 0.4) is 0 Å². The number of hydrogen-bond acceptors (Lipinski definition) is 7. The summed E-state index contributed by atoms with van der Waals surface area (Å²) in [7, 11) is 0.